The van der Waals surface area contributed by atoms with E-state index in [1.165, 1.54) is 103 Å². The number of amides is 1. The summed E-state index contributed by atoms with van der Waals surface area (Å²) in [6.07, 6.45) is 61.1. The van der Waals surface area contributed by atoms with Crippen molar-refractivity contribution < 1.29 is 15.0 Å². The van der Waals surface area contributed by atoms with Crippen molar-refractivity contribution in [3.05, 3.63) is 85.1 Å². The number of hydrogen-bond donors (Lipinski definition) is 3. The zero-order valence-corrected chi connectivity index (χ0v) is 33.3. The number of aliphatic hydroxyl groups is 2. The second kappa shape index (κ2) is 42.0. The minimum atomic E-state index is -0.874. The highest BCUT2D eigenvalue weighted by atomic mass is 16.3. The average Bonchev–Trinajstić information content (AvgIpc) is 3.13. The summed E-state index contributed by atoms with van der Waals surface area (Å²) in [6, 6.07) is -0.650. The van der Waals surface area contributed by atoms with E-state index in [1.54, 1.807) is 6.08 Å². The van der Waals surface area contributed by atoms with Crippen LogP contribution < -0.4 is 5.32 Å². The molecule has 3 N–H and O–H groups in total. The van der Waals surface area contributed by atoms with Gasteiger partial charge < -0.3 is 15.5 Å². The van der Waals surface area contributed by atoms with E-state index in [9.17, 15) is 15.0 Å². The molecule has 0 rings (SSSR count). The normalized spacial score (nSPS) is 13.9. The molecular weight excluding hydrogens is 627 g/mol. The average molecular weight is 708 g/mol. The van der Waals surface area contributed by atoms with Crippen LogP contribution in [0.5, 0.6) is 0 Å². The number of carbonyl (C=O) groups is 1. The smallest absolute Gasteiger partial charge is 0.220 e. The number of nitrogens with one attached hydrogen (secondary N) is 1. The van der Waals surface area contributed by atoms with Crippen molar-refractivity contribution in [1.82, 2.24) is 5.32 Å². The fourth-order valence-corrected chi connectivity index (χ4v) is 5.85. The molecule has 0 aliphatic rings. The molecule has 0 aromatic heterocycles. The molecule has 1 amide bonds. The summed E-state index contributed by atoms with van der Waals surface area (Å²) in [7, 11) is 0. The van der Waals surface area contributed by atoms with Crippen molar-refractivity contribution >= 4 is 5.91 Å². The van der Waals surface area contributed by atoms with E-state index in [4.69, 9.17) is 0 Å². The van der Waals surface area contributed by atoms with Gasteiger partial charge in [-0.3, -0.25) is 4.79 Å². The van der Waals surface area contributed by atoms with Crippen molar-refractivity contribution in [3.63, 3.8) is 0 Å². The SMILES string of the molecule is CC/C=C\C/C=C\C/C=C\C/C=C\CCCCCCCCCCCCCCC(=O)NC(CO)C(O)/C=C/CC/C=C/CC/C=C/CCCCCC. The Balaban J connectivity index is 3.63. The van der Waals surface area contributed by atoms with Gasteiger partial charge in [-0.15, -0.1) is 0 Å². The zero-order chi connectivity index (χ0) is 37.1. The highest BCUT2D eigenvalue weighted by molar-refractivity contribution is 5.76. The van der Waals surface area contributed by atoms with Gasteiger partial charge in [-0.05, 0) is 83.5 Å². The lowest BCUT2D eigenvalue weighted by molar-refractivity contribution is -0.123. The number of unbranched alkanes of at least 4 members (excludes halogenated alkanes) is 18. The Morgan fingerprint density at radius 3 is 1.37 bits per heavy atom. The van der Waals surface area contributed by atoms with E-state index in [0.717, 1.165) is 64.2 Å². The minimum Gasteiger partial charge on any atom is -0.394 e. The van der Waals surface area contributed by atoms with Crippen LogP contribution in [0.15, 0.2) is 85.1 Å². The van der Waals surface area contributed by atoms with Gasteiger partial charge in [-0.2, -0.15) is 0 Å². The van der Waals surface area contributed by atoms with Crippen molar-refractivity contribution in [3.8, 4) is 0 Å². The summed E-state index contributed by atoms with van der Waals surface area (Å²) in [5, 5.41) is 22.9. The van der Waals surface area contributed by atoms with Gasteiger partial charge in [-0.25, -0.2) is 0 Å². The van der Waals surface area contributed by atoms with Crippen LogP contribution in [0, 0.1) is 0 Å². The van der Waals surface area contributed by atoms with Crippen LogP contribution >= 0.6 is 0 Å². The van der Waals surface area contributed by atoms with E-state index in [-0.39, 0.29) is 12.5 Å². The van der Waals surface area contributed by atoms with Crippen molar-refractivity contribution in [1.29, 1.82) is 0 Å². The minimum absolute atomic E-state index is 0.0853. The summed E-state index contributed by atoms with van der Waals surface area (Å²) in [4.78, 5) is 12.4. The molecule has 292 valence electrons. The van der Waals surface area contributed by atoms with Crippen LogP contribution in [0.4, 0.5) is 0 Å². The molecule has 0 aromatic rings. The molecule has 0 radical (unpaired) electrons. The third-order valence-electron chi connectivity index (χ3n) is 9.09. The van der Waals surface area contributed by atoms with E-state index in [2.05, 4.69) is 92.1 Å². The third kappa shape index (κ3) is 38.6. The number of hydrogen-bond acceptors (Lipinski definition) is 3. The maximum Gasteiger partial charge on any atom is 0.220 e. The van der Waals surface area contributed by atoms with Gasteiger partial charge in [0.1, 0.15) is 0 Å². The molecule has 0 saturated carbocycles. The molecule has 0 fully saturated rings. The van der Waals surface area contributed by atoms with Gasteiger partial charge in [-0.1, -0.05) is 182 Å². The fourth-order valence-electron chi connectivity index (χ4n) is 5.85. The van der Waals surface area contributed by atoms with Crippen LogP contribution in [0.3, 0.4) is 0 Å². The first kappa shape index (κ1) is 48.6. The lowest BCUT2D eigenvalue weighted by atomic mass is 10.0. The molecule has 2 atom stereocenters. The lowest BCUT2D eigenvalue weighted by Crippen LogP contribution is -2.45. The Labute approximate surface area is 316 Å². The highest BCUT2D eigenvalue weighted by Gasteiger charge is 2.17. The molecule has 0 saturated heterocycles. The van der Waals surface area contributed by atoms with Gasteiger partial charge in [0, 0.05) is 6.42 Å². The predicted octanol–water partition coefficient (Wildman–Crippen LogP) is 13.3. The Kier molecular flexibility index (Phi) is 40.0. The van der Waals surface area contributed by atoms with Crippen LogP contribution in [-0.2, 0) is 4.79 Å². The molecule has 4 heteroatoms. The van der Waals surface area contributed by atoms with E-state index in [0.29, 0.717) is 6.42 Å². The zero-order valence-electron chi connectivity index (χ0n) is 33.3. The van der Waals surface area contributed by atoms with Crippen molar-refractivity contribution in [2.75, 3.05) is 6.61 Å². The Morgan fingerprint density at radius 1 is 0.490 bits per heavy atom. The molecule has 0 spiro atoms. The fraction of sp³-hybridized carbons (Fsp3) is 0.681. The van der Waals surface area contributed by atoms with Gasteiger partial charge in [0.2, 0.25) is 5.91 Å². The summed E-state index contributed by atoms with van der Waals surface area (Å²) in [6.45, 7) is 4.14. The number of allylic oxidation sites excluding steroid dienone is 13. The first-order valence-electron chi connectivity index (χ1n) is 21.3. The molecule has 0 aromatic carbocycles. The largest absolute Gasteiger partial charge is 0.394 e. The maximum atomic E-state index is 12.4. The predicted molar refractivity (Wildman–Crippen MR) is 225 cm³/mol. The van der Waals surface area contributed by atoms with Crippen molar-refractivity contribution in [2.24, 2.45) is 0 Å². The van der Waals surface area contributed by atoms with Crippen LogP contribution in [0.1, 0.15) is 187 Å². The molecule has 51 heavy (non-hydrogen) atoms. The quantitative estimate of drug-likeness (QED) is 0.0445. The maximum absolute atomic E-state index is 12.4. The molecule has 4 nitrogen and oxygen atoms in total. The monoisotopic (exact) mass is 708 g/mol. The number of rotatable bonds is 37. The number of aliphatic hydroxyl groups excluding tert-OH is 2. The third-order valence-corrected chi connectivity index (χ3v) is 9.09. The summed E-state index contributed by atoms with van der Waals surface area (Å²) in [5.74, 6) is -0.0853. The summed E-state index contributed by atoms with van der Waals surface area (Å²) >= 11 is 0. The first-order chi connectivity index (χ1) is 25.2. The topological polar surface area (TPSA) is 69.6 Å². The van der Waals surface area contributed by atoms with Gasteiger partial charge in [0.15, 0.2) is 0 Å². The Morgan fingerprint density at radius 2 is 0.882 bits per heavy atom. The second-order valence-electron chi connectivity index (χ2n) is 14.0. The lowest BCUT2D eigenvalue weighted by Gasteiger charge is -2.19. The highest BCUT2D eigenvalue weighted by Crippen LogP contribution is 2.13. The molecular formula is C47H81NO3. The molecule has 0 bridgehead atoms. The van der Waals surface area contributed by atoms with Crippen LogP contribution in [0.2, 0.25) is 0 Å². The second-order valence-corrected chi connectivity index (χ2v) is 14.0. The van der Waals surface area contributed by atoms with E-state index < -0.39 is 12.1 Å². The van der Waals surface area contributed by atoms with Crippen LogP contribution in [-0.4, -0.2) is 34.9 Å². The Hall–Kier alpha value is -2.43. The van der Waals surface area contributed by atoms with Gasteiger partial charge >= 0.3 is 0 Å². The van der Waals surface area contributed by atoms with E-state index >= 15 is 0 Å². The summed E-state index contributed by atoms with van der Waals surface area (Å²) in [5.41, 5.74) is 0. The Bertz CT molecular complexity index is 941. The first-order valence-corrected chi connectivity index (χ1v) is 21.3. The van der Waals surface area contributed by atoms with E-state index in [1.807, 2.05) is 6.08 Å². The van der Waals surface area contributed by atoms with Crippen molar-refractivity contribution in [2.45, 2.75) is 199 Å². The molecule has 2 unspecified atom stereocenters. The molecule has 0 aliphatic heterocycles. The number of carbonyl (C=O) groups excluding carboxylic acids is 1. The molecule has 0 aliphatic carbocycles. The standard InChI is InChI=1S/C47H81NO3/c1-3-5-7-9-11-13-15-17-19-20-21-22-23-24-25-26-27-28-29-31-33-35-37-39-41-43-47(51)48-45(44-49)46(50)42-40-38-36-34-32-30-18-16-14-12-10-8-6-4-2/h5,7,11,13-14,16-17,19,21-22,32,34,40,42,45-46,49-50H,3-4,6,8-10,12,15,18,20,23-31,33,35-39,41,43-44H2,1-2H3,(H,48,51)/b7-5-,13-11-,16-14+,19-17-,22-21-,34-32+,42-40+. The van der Waals surface area contributed by atoms with Gasteiger partial charge in [0.05, 0.1) is 18.8 Å². The van der Waals surface area contributed by atoms with Crippen LogP contribution in [0.25, 0.3) is 0 Å². The summed E-state index contributed by atoms with van der Waals surface area (Å²) < 4.78 is 0. The van der Waals surface area contributed by atoms with Gasteiger partial charge in [0.25, 0.3) is 0 Å². The molecule has 0 heterocycles.